The number of hydrogen-bond donors (Lipinski definition) is 0. The molecule has 3 heteroatoms. The summed E-state index contributed by atoms with van der Waals surface area (Å²) in [5.41, 5.74) is 1.34. The van der Waals surface area contributed by atoms with Crippen molar-refractivity contribution in [2.75, 3.05) is 26.2 Å². The first-order valence-electron chi connectivity index (χ1n) is 8.16. The summed E-state index contributed by atoms with van der Waals surface area (Å²) in [4.78, 5) is 9.52. The lowest BCUT2D eigenvalue weighted by atomic mass is 9.86. The van der Waals surface area contributed by atoms with E-state index in [-0.39, 0.29) is 0 Å². The summed E-state index contributed by atoms with van der Waals surface area (Å²) in [5, 5.41) is 0. The minimum absolute atomic E-state index is 0.860. The van der Waals surface area contributed by atoms with Crippen LogP contribution >= 0.6 is 0 Å². The van der Waals surface area contributed by atoms with E-state index in [9.17, 15) is 0 Å². The lowest BCUT2D eigenvalue weighted by molar-refractivity contribution is 0.0659. The van der Waals surface area contributed by atoms with E-state index in [0.29, 0.717) is 0 Å². The fourth-order valence-corrected chi connectivity index (χ4v) is 3.77. The molecule has 1 saturated heterocycles. The van der Waals surface area contributed by atoms with Crippen molar-refractivity contribution in [2.45, 2.75) is 45.2 Å². The zero-order valence-corrected chi connectivity index (χ0v) is 12.7. The molecule has 1 aromatic rings. The highest BCUT2D eigenvalue weighted by atomic mass is 15.3. The average molecular weight is 273 g/mol. The van der Waals surface area contributed by atoms with Gasteiger partial charge in [0.1, 0.15) is 0 Å². The van der Waals surface area contributed by atoms with Gasteiger partial charge < -0.3 is 0 Å². The van der Waals surface area contributed by atoms with Gasteiger partial charge in [0.25, 0.3) is 0 Å². The Bertz CT molecular complexity index is 398. The molecular formula is C17H27N3. The molecule has 0 radical (unpaired) electrons. The van der Waals surface area contributed by atoms with E-state index in [1.165, 1.54) is 57.4 Å². The topological polar surface area (TPSA) is 19.4 Å². The van der Waals surface area contributed by atoms with Gasteiger partial charge in [-0.1, -0.05) is 25.8 Å². The van der Waals surface area contributed by atoms with Crippen LogP contribution in [0.5, 0.6) is 0 Å². The van der Waals surface area contributed by atoms with Gasteiger partial charge in [-0.05, 0) is 30.4 Å². The summed E-state index contributed by atoms with van der Waals surface area (Å²) in [6, 6.07) is 5.08. The zero-order chi connectivity index (χ0) is 13.8. The van der Waals surface area contributed by atoms with Gasteiger partial charge >= 0.3 is 0 Å². The molecule has 2 atom stereocenters. The van der Waals surface area contributed by atoms with E-state index < -0.39 is 0 Å². The molecule has 0 aromatic carbocycles. The van der Waals surface area contributed by atoms with Crippen molar-refractivity contribution >= 4 is 0 Å². The summed E-state index contributed by atoms with van der Waals surface area (Å²) in [7, 11) is 0. The van der Waals surface area contributed by atoms with Crippen LogP contribution in [0.25, 0.3) is 0 Å². The Hall–Kier alpha value is -0.930. The third kappa shape index (κ3) is 3.58. The van der Waals surface area contributed by atoms with E-state index in [2.05, 4.69) is 27.8 Å². The Balaban J connectivity index is 1.47. The molecule has 3 rings (SSSR count). The number of nitrogens with zero attached hydrogens (tertiary/aromatic N) is 3. The molecule has 0 amide bonds. The largest absolute Gasteiger partial charge is 0.298 e. The SMILES string of the molecule is C[C@@H]1CCC[C@H](N2CCN(Cc3cccnc3)CC2)C1. The maximum atomic E-state index is 4.21. The highest BCUT2D eigenvalue weighted by molar-refractivity contribution is 5.08. The van der Waals surface area contributed by atoms with Crippen molar-refractivity contribution in [3.63, 3.8) is 0 Å². The summed E-state index contributed by atoms with van der Waals surface area (Å²) in [5.74, 6) is 0.933. The minimum atomic E-state index is 0.860. The predicted octanol–water partition coefficient (Wildman–Crippen LogP) is 2.78. The van der Waals surface area contributed by atoms with Crippen LogP contribution in [0.15, 0.2) is 24.5 Å². The Morgan fingerprint density at radius 2 is 2.05 bits per heavy atom. The van der Waals surface area contributed by atoms with Gasteiger partial charge in [-0.25, -0.2) is 0 Å². The summed E-state index contributed by atoms with van der Waals surface area (Å²) in [6.07, 6.45) is 9.57. The molecule has 3 nitrogen and oxygen atoms in total. The van der Waals surface area contributed by atoms with Crippen molar-refractivity contribution < 1.29 is 0 Å². The highest BCUT2D eigenvalue weighted by Crippen LogP contribution is 2.28. The first kappa shape index (κ1) is 14.0. The smallest absolute Gasteiger partial charge is 0.0312 e. The molecule has 0 N–H and O–H groups in total. The van der Waals surface area contributed by atoms with Crippen molar-refractivity contribution in [1.82, 2.24) is 14.8 Å². The molecular weight excluding hydrogens is 246 g/mol. The molecule has 2 aliphatic rings. The predicted molar refractivity (Wildman–Crippen MR) is 82.5 cm³/mol. The van der Waals surface area contributed by atoms with Crippen molar-refractivity contribution in [3.8, 4) is 0 Å². The van der Waals surface area contributed by atoms with Gasteiger partial charge in [-0.2, -0.15) is 0 Å². The fourth-order valence-electron chi connectivity index (χ4n) is 3.77. The molecule has 1 aliphatic carbocycles. The standard InChI is InChI=1S/C17H27N3/c1-15-4-2-6-17(12-15)20-10-8-19(9-11-20)14-16-5-3-7-18-13-16/h3,5,7,13,15,17H,2,4,6,8-12,14H2,1H3/t15-,17+/m1/s1. The number of hydrogen-bond acceptors (Lipinski definition) is 3. The molecule has 1 aliphatic heterocycles. The third-order valence-corrected chi connectivity index (χ3v) is 4.96. The molecule has 2 fully saturated rings. The Labute approximate surface area is 123 Å². The van der Waals surface area contributed by atoms with Gasteiger partial charge in [0.2, 0.25) is 0 Å². The Morgan fingerprint density at radius 3 is 2.75 bits per heavy atom. The normalized spacial score (nSPS) is 29.4. The lowest BCUT2D eigenvalue weighted by Gasteiger charge is -2.42. The van der Waals surface area contributed by atoms with E-state index in [0.717, 1.165) is 18.5 Å². The number of aromatic nitrogens is 1. The molecule has 1 aromatic heterocycles. The zero-order valence-electron chi connectivity index (χ0n) is 12.7. The second-order valence-corrected chi connectivity index (χ2v) is 6.60. The second-order valence-electron chi connectivity index (χ2n) is 6.60. The van der Waals surface area contributed by atoms with Crippen LogP contribution in [0, 0.1) is 5.92 Å². The second kappa shape index (κ2) is 6.68. The van der Waals surface area contributed by atoms with Gasteiger partial charge in [0.15, 0.2) is 0 Å². The van der Waals surface area contributed by atoms with Gasteiger partial charge in [0, 0.05) is 51.2 Å². The van der Waals surface area contributed by atoms with E-state index >= 15 is 0 Å². The van der Waals surface area contributed by atoms with Gasteiger partial charge in [-0.3, -0.25) is 14.8 Å². The van der Waals surface area contributed by atoms with Crippen LogP contribution in [-0.4, -0.2) is 47.0 Å². The van der Waals surface area contributed by atoms with Crippen LogP contribution in [0.3, 0.4) is 0 Å². The Kier molecular flexibility index (Phi) is 4.69. The molecule has 110 valence electrons. The fraction of sp³-hybridized carbons (Fsp3) is 0.706. The molecule has 20 heavy (non-hydrogen) atoms. The molecule has 2 heterocycles. The first-order chi connectivity index (χ1) is 9.81. The molecule has 0 unspecified atom stereocenters. The Morgan fingerprint density at radius 1 is 1.20 bits per heavy atom. The summed E-state index contributed by atoms with van der Waals surface area (Å²) < 4.78 is 0. The number of pyridine rings is 1. The minimum Gasteiger partial charge on any atom is -0.298 e. The van der Waals surface area contributed by atoms with Crippen LogP contribution in [-0.2, 0) is 6.54 Å². The molecule has 1 saturated carbocycles. The molecule has 0 spiro atoms. The molecule has 0 bridgehead atoms. The van der Waals surface area contributed by atoms with E-state index in [4.69, 9.17) is 0 Å². The van der Waals surface area contributed by atoms with E-state index in [1.54, 1.807) is 0 Å². The van der Waals surface area contributed by atoms with Crippen molar-refractivity contribution in [3.05, 3.63) is 30.1 Å². The maximum absolute atomic E-state index is 4.21. The van der Waals surface area contributed by atoms with Gasteiger partial charge in [0.05, 0.1) is 0 Å². The summed E-state index contributed by atoms with van der Waals surface area (Å²) >= 11 is 0. The highest BCUT2D eigenvalue weighted by Gasteiger charge is 2.27. The first-order valence-corrected chi connectivity index (χ1v) is 8.16. The lowest BCUT2D eigenvalue weighted by Crippen LogP contribution is -2.50. The van der Waals surface area contributed by atoms with Crippen LogP contribution < -0.4 is 0 Å². The number of piperazine rings is 1. The van der Waals surface area contributed by atoms with Crippen LogP contribution in [0.1, 0.15) is 38.2 Å². The number of rotatable bonds is 3. The van der Waals surface area contributed by atoms with Crippen molar-refractivity contribution in [2.24, 2.45) is 5.92 Å². The van der Waals surface area contributed by atoms with Crippen LogP contribution in [0.4, 0.5) is 0 Å². The van der Waals surface area contributed by atoms with Crippen molar-refractivity contribution in [1.29, 1.82) is 0 Å². The van der Waals surface area contributed by atoms with E-state index in [1.807, 2.05) is 18.5 Å². The summed E-state index contributed by atoms with van der Waals surface area (Å²) in [6.45, 7) is 8.39. The monoisotopic (exact) mass is 273 g/mol. The quantitative estimate of drug-likeness (QED) is 0.844. The van der Waals surface area contributed by atoms with Gasteiger partial charge in [-0.15, -0.1) is 0 Å². The average Bonchev–Trinajstić information content (AvgIpc) is 2.49. The van der Waals surface area contributed by atoms with Crippen LogP contribution in [0.2, 0.25) is 0 Å². The third-order valence-electron chi connectivity index (χ3n) is 4.96. The maximum Gasteiger partial charge on any atom is 0.0312 e.